The van der Waals surface area contributed by atoms with E-state index in [0.717, 1.165) is 12.0 Å². The van der Waals surface area contributed by atoms with Crippen LogP contribution < -0.4 is 5.32 Å². The first-order valence-electron chi connectivity index (χ1n) is 8.21. The number of anilines is 1. The second-order valence-electron chi connectivity index (χ2n) is 5.95. The lowest BCUT2D eigenvalue weighted by atomic mass is 9.85. The Labute approximate surface area is 153 Å². The second-order valence-corrected chi connectivity index (χ2v) is 6.36. The largest absolute Gasteiger partial charge is 0.465 e. The Morgan fingerprint density at radius 3 is 2.44 bits per heavy atom. The molecule has 1 N–H and O–H groups in total. The van der Waals surface area contributed by atoms with E-state index in [4.69, 9.17) is 16.3 Å². The molecule has 2 aromatic rings. The number of hydrogen-bond acceptors (Lipinski definition) is 3. The van der Waals surface area contributed by atoms with Crippen molar-refractivity contribution in [3.05, 3.63) is 64.7 Å². The molecule has 2 atom stereocenters. The first-order chi connectivity index (χ1) is 12.0. The van der Waals surface area contributed by atoms with Crippen molar-refractivity contribution in [3.63, 3.8) is 0 Å². The molecule has 0 aliphatic rings. The highest BCUT2D eigenvalue weighted by Crippen LogP contribution is 2.30. The van der Waals surface area contributed by atoms with Crippen molar-refractivity contribution in [2.24, 2.45) is 5.92 Å². The quantitative estimate of drug-likeness (QED) is 0.746. The van der Waals surface area contributed by atoms with Gasteiger partial charge in [-0.2, -0.15) is 0 Å². The van der Waals surface area contributed by atoms with Crippen LogP contribution in [0.4, 0.5) is 5.69 Å². The minimum Gasteiger partial charge on any atom is -0.465 e. The van der Waals surface area contributed by atoms with Crippen molar-refractivity contribution in [2.45, 2.75) is 26.2 Å². The number of methoxy groups -OCH3 is 1. The molecule has 1 amide bonds. The number of nitrogens with one attached hydrogen (secondary N) is 1. The molecule has 5 heteroatoms. The summed E-state index contributed by atoms with van der Waals surface area (Å²) in [6.07, 6.45) is 0.864. The minimum atomic E-state index is -0.478. The highest BCUT2D eigenvalue weighted by Gasteiger charge is 2.26. The van der Waals surface area contributed by atoms with Crippen molar-refractivity contribution in [2.75, 3.05) is 12.4 Å². The average Bonchev–Trinajstić information content (AvgIpc) is 2.63. The highest BCUT2D eigenvalue weighted by atomic mass is 35.5. The Bertz CT molecular complexity index is 746. The van der Waals surface area contributed by atoms with Gasteiger partial charge < -0.3 is 10.1 Å². The van der Waals surface area contributed by atoms with Gasteiger partial charge in [-0.25, -0.2) is 4.79 Å². The van der Waals surface area contributed by atoms with Crippen LogP contribution >= 0.6 is 11.6 Å². The topological polar surface area (TPSA) is 55.4 Å². The molecular weight excluding hydrogens is 338 g/mol. The Hall–Kier alpha value is -2.33. The van der Waals surface area contributed by atoms with Crippen LogP contribution in [-0.4, -0.2) is 19.0 Å². The monoisotopic (exact) mass is 359 g/mol. The molecule has 0 aliphatic carbocycles. The fourth-order valence-corrected chi connectivity index (χ4v) is 2.88. The van der Waals surface area contributed by atoms with E-state index in [1.54, 1.807) is 12.1 Å². The van der Waals surface area contributed by atoms with Crippen LogP contribution in [0.2, 0.25) is 5.02 Å². The third-order valence-corrected chi connectivity index (χ3v) is 4.63. The van der Waals surface area contributed by atoms with Crippen LogP contribution in [-0.2, 0) is 9.53 Å². The summed E-state index contributed by atoms with van der Waals surface area (Å²) >= 11 is 6.19. The van der Waals surface area contributed by atoms with E-state index < -0.39 is 5.97 Å². The molecule has 0 heterocycles. The summed E-state index contributed by atoms with van der Waals surface area (Å²) in [7, 11) is 1.31. The van der Waals surface area contributed by atoms with Gasteiger partial charge in [-0.1, -0.05) is 62.2 Å². The van der Waals surface area contributed by atoms with Crippen LogP contribution in [0.5, 0.6) is 0 Å². The predicted molar refractivity (Wildman–Crippen MR) is 100 cm³/mol. The van der Waals surface area contributed by atoms with Gasteiger partial charge in [0.05, 0.1) is 29.3 Å². The van der Waals surface area contributed by atoms with Crippen LogP contribution in [0.3, 0.4) is 0 Å². The third kappa shape index (κ3) is 4.60. The molecule has 2 unspecified atom stereocenters. The summed E-state index contributed by atoms with van der Waals surface area (Å²) in [5, 5.41) is 3.24. The van der Waals surface area contributed by atoms with Gasteiger partial charge in [0, 0.05) is 0 Å². The second kappa shape index (κ2) is 8.67. The standard InChI is InChI=1S/C20H22ClNO3/c1-4-13(2)18(14-8-6-5-7-9-14)19(23)22-17-12-15(20(24)25-3)10-11-16(17)21/h5-13,18H,4H2,1-3H3,(H,22,23). The van der Waals surface area contributed by atoms with Gasteiger partial charge in [-0.15, -0.1) is 0 Å². The Morgan fingerprint density at radius 1 is 1.16 bits per heavy atom. The normalized spacial score (nSPS) is 13.0. The summed E-state index contributed by atoms with van der Waals surface area (Å²) in [4.78, 5) is 24.6. The number of benzene rings is 2. The van der Waals surface area contributed by atoms with E-state index in [0.29, 0.717) is 16.3 Å². The number of carbonyl (C=O) groups excluding carboxylic acids is 2. The van der Waals surface area contributed by atoms with Crippen LogP contribution in [0.15, 0.2) is 48.5 Å². The van der Waals surface area contributed by atoms with Gasteiger partial charge >= 0.3 is 5.97 Å². The van der Waals surface area contributed by atoms with Crippen molar-refractivity contribution in [3.8, 4) is 0 Å². The zero-order valence-corrected chi connectivity index (χ0v) is 15.3. The number of rotatable bonds is 6. The van der Waals surface area contributed by atoms with Gasteiger partial charge in [0.15, 0.2) is 0 Å². The van der Waals surface area contributed by atoms with E-state index in [9.17, 15) is 9.59 Å². The smallest absolute Gasteiger partial charge is 0.337 e. The molecule has 0 aromatic heterocycles. The molecule has 0 aliphatic heterocycles. The van der Waals surface area contributed by atoms with Crippen molar-refractivity contribution >= 4 is 29.2 Å². The van der Waals surface area contributed by atoms with E-state index in [1.807, 2.05) is 37.3 Å². The number of hydrogen-bond donors (Lipinski definition) is 1. The van der Waals surface area contributed by atoms with Crippen molar-refractivity contribution < 1.29 is 14.3 Å². The lowest BCUT2D eigenvalue weighted by Gasteiger charge is -2.23. The predicted octanol–water partition coefficient (Wildman–Crippen LogP) is 4.90. The molecule has 25 heavy (non-hydrogen) atoms. The molecule has 0 fully saturated rings. The maximum Gasteiger partial charge on any atom is 0.337 e. The molecular formula is C20H22ClNO3. The van der Waals surface area contributed by atoms with E-state index in [1.165, 1.54) is 13.2 Å². The number of ether oxygens (including phenoxy) is 1. The molecule has 2 aromatic carbocycles. The van der Waals surface area contributed by atoms with Gasteiger partial charge in [0.2, 0.25) is 5.91 Å². The lowest BCUT2D eigenvalue weighted by Crippen LogP contribution is -2.26. The SMILES string of the molecule is CCC(C)C(C(=O)Nc1cc(C(=O)OC)ccc1Cl)c1ccccc1. The van der Waals surface area contributed by atoms with Gasteiger partial charge in [-0.3, -0.25) is 4.79 Å². The van der Waals surface area contributed by atoms with E-state index in [-0.39, 0.29) is 17.7 Å². The van der Waals surface area contributed by atoms with E-state index >= 15 is 0 Å². The number of esters is 1. The van der Waals surface area contributed by atoms with Crippen molar-refractivity contribution in [1.29, 1.82) is 0 Å². The summed E-state index contributed by atoms with van der Waals surface area (Å²) < 4.78 is 4.71. The molecule has 0 radical (unpaired) electrons. The Morgan fingerprint density at radius 2 is 1.84 bits per heavy atom. The molecule has 0 bridgehead atoms. The minimum absolute atomic E-state index is 0.149. The van der Waals surface area contributed by atoms with Crippen LogP contribution in [0, 0.1) is 5.92 Å². The first kappa shape index (κ1) is 19.0. The number of amides is 1. The summed E-state index contributed by atoms with van der Waals surface area (Å²) in [5.74, 6) is -0.771. The fourth-order valence-electron chi connectivity index (χ4n) is 2.71. The van der Waals surface area contributed by atoms with E-state index in [2.05, 4.69) is 12.2 Å². The van der Waals surface area contributed by atoms with Gasteiger partial charge in [0.25, 0.3) is 0 Å². The molecule has 0 saturated carbocycles. The number of carbonyl (C=O) groups is 2. The summed E-state index contributed by atoms with van der Waals surface area (Å²) in [6.45, 7) is 4.10. The average molecular weight is 360 g/mol. The van der Waals surface area contributed by atoms with Crippen molar-refractivity contribution in [1.82, 2.24) is 0 Å². The maximum absolute atomic E-state index is 12.9. The zero-order chi connectivity index (χ0) is 18.4. The van der Waals surface area contributed by atoms with Crippen LogP contribution in [0.25, 0.3) is 0 Å². The molecule has 132 valence electrons. The van der Waals surface area contributed by atoms with Gasteiger partial charge in [0.1, 0.15) is 0 Å². The third-order valence-electron chi connectivity index (χ3n) is 4.30. The molecule has 4 nitrogen and oxygen atoms in total. The van der Waals surface area contributed by atoms with Crippen LogP contribution in [0.1, 0.15) is 42.1 Å². The Balaban J connectivity index is 2.31. The highest BCUT2D eigenvalue weighted by molar-refractivity contribution is 6.34. The lowest BCUT2D eigenvalue weighted by molar-refractivity contribution is -0.118. The maximum atomic E-state index is 12.9. The molecule has 0 saturated heterocycles. The fraction of sp³-hybridized carbons (Fsp3) is 0.300. The Kier molecular flexibility index (Phi) is 6.59. The molecule has 0 spiro atoms. The zero-order valence-electron chi connectivity index (χ0n) is 14.6. The first-order valence-corrected chi connectivity index (χ1v) is 8.59. The molecule has 2 rings (SSSR count). The summed E-state index contributed by atoms with van der Waals surface area (Å²) in [6, 6.07) is 14.3. The summed E-state index contributed by atoms with van der Waals surface area (Å²) in [5.41, 5.74) is 1.69. The number of halogens is 1. The van der Waals surface area contributed by atoms with Gasteiger partial charge in [-0.05, 0) is 29.7 Å².